The average molecular weight is 271 g/mol. The second-order valence-corrected chi connectivity index (χ2v) is 5.30. The van der Waals surface area contributed by atoms with Crippen LogP contribution in [0.2, 0.25) is 0 Å². The maximum absolute atomic E-state index is 13.2. The third kappa shape index (κ3) is 2.83. The number of ether oxygens (including phenoxy) is 1. The molecular formula is C17H18FNO. The molecule has 0 radical (unpaired) electrons. The molecule has 1 N–H and O–H groups in total. The molecule has 0 amide bonds. The summed E-state index contributed by atoms with van der Waals surface area (Å²) in [5.41, 5.74) is 2.22. The molecule has 1 aliphatic heterocycles. The van der Waals surface area contributed by atoms with Crippen LogP contribution < -0.4 is 10.1 Å². The number of halogens is 1. The minimum atomic E-state index is -0.177. The molecule has 0 fully saturated rings. The van der Waals surface area contributed by atoms with E-state index in [2.05, 4.69) is 18.3 Å². The van der Waals surface area contributed by atoms with Crippen LogP contribution in [0.4, 0.5) is 4.39 Å². The fourth-order valence-electron chi connectivity index (χ4n) is 2.72. The summed E-state index contributed by atoms with van der Waals surface area (Å²) in [6, 6.07) is 15.4. The van der Waals surface area contributed by atoms with Crippen LogP contribution in [0.15, 0.2) is 48.5 Å². The van der Waals surface area contributed by atoms with E-state index in [0.29, 0.717) is 6.61 Å². The Morgan fingerprint density at radius 2 is 2.10 bits per heavy atom. The van der Waals surface area contributed by atoms with Gasteiger partial charge in [0.25, 0.3) is 0 Å². The van der Waals surface area contributed by atoms with E-state index in [-0.39, 0.29) is 17.9 Å². The van der Waals surface area contributed by atoms with Gasteiger partial charge in [-0.1, -0.05) is 30.3 Å². The van der Waals surface area contributed by atoms with Gasteiger partial charge in [0.05, 0.1) is 6.04 Å². The smallest absolute Gasteiger partial charge is 0.124 e. The van der Waals surface area contributed by atoms with Gasteiger partial charge in [-0.2, -0.15) is 0 Å². The maximum atomic E-state index is 13.2. The molecule has 0 saturated carbocycles. The zero-order valence-corrected chi connectivity index (χ0v) is 11.5. The zero-order chi connectivity index (χ0) is 13.9. The molecule has 1 aliphatic rings. The first-order valence-corrected chi connectivity index (χ1v) is 6.94. The highest BCUT2D eigenvalue weighted by molar-refractivity contribution is 5.39. The van der Waals surface area contributed by atoms with Gasteiger partial charge in [-0.05, 0) is 37.1 Å². The van der Waals surface area contributed by atoms with Gasteiger partial charge >= 0.3 is 0 Å². The Kier molecular flexibility index (Phi) is 3.70. The van der Waals surface area contributed by atoms with Gasteiger partial charge in [0, 0.05) is 11.6 Å². The predicted molar refractivity (Wildman–Crippen MR) is 77.4 cm³/mol. The van der Waals surface area contributed by atoms with Crippen molar-refractivity contribution in [3.05, 3.63) is 65.5 Å². The normalized spacial score (nSPS) is 18.4. The molecule has 2 unspecified atom stereocenters. The van der Waals surface area contributed by atoms with E-state index in [1.807, 2.05) is 24.3 Å². The highest BCUT2D eigenvalue weighted by atomic mass is 19.1. The molecule has 2 aromatic carbocycles. The number of benzene rings is 2. The Morgan fingerprint density at radius 3 is 2.95 bits per heavy atom. The Bertz CT molecular complexity index is 599. The quantitative estimate of drug-likeness (QED) is 0.919. The summed E-state index contributed by atoms with van der Waals surface area (Å²) < 4.78 is 18.8. The van der Waals surface area contributed by atoms with E-state index in [4.69, 9.17) is 4.74 Å². The Morgan fingerprint density at radius 1 is 1.25 bits per heavy atom. The molecule has 2 atom stereocenters. The molecule has 0 saturated heterocycles. The van der Waals surface area contributed by atoms with Crippen molar-refractivity contribution in [2.75, 3.05) is 6.61 Å². The number of fused-ring (bicyclic) bond motifs is 1. The summed E-state index contributed by atoms with van der Waals surface area (Å²) in [6.07, 6.45) is 0.802. The third-order valence-electron chi connectivity index (χ3n) is 3.62. The number of hydrogen-bond donors (Lipinski definition) is 1. The summed E-state index contributed by atoms with van der Waals surface area (Å²) in [6.45, 7) is 2.78. The molecule has 0 aliphatic carbocycles. The lowest BCUT2D eigenvalue weighted by molar-refractivity contribution is 0.299. The van der Waals surface area contributed by atoms with Crippen molar-refractivity contribution < 1.29 is 9.13 Å². The molecule has 3 rings (SSSR count). The molecule has 104 valence electrons. The van der Waals surface area contributed by atoms with Crippen molar-refractivity contribution in [3.8, 4) is 5.75 Å². The number of hydrogen-bond acceptors (Lipinski definition) is 2. The highest BCUT2D eigenvalue weighted by Crippen LogP contribution is 2.32. The fourth-order valence-corrected chi connectivity index (χ4v) is 2.72. The first-order chi connectivity index (χ1) is 9.72. The van der Waals surface area contributed by atoms with Crippen LogP contribution in [-0.4, -0.2) is 12.6 Å². The van der Waals surface area contributed by atoms with Gasteiger partial charge in [0.1, 0.15) is 18.2 Å². The van der Waals surface area contributed by atoms with Crippen LogP contribution in [0.25, 0.3) is 0 Å². The van der Waals surface area contributed by atoms with Gasteiger partial charge in [-0.15, -0.1) is 0 Å². The number of rotatable bonds is 4. The summed E-state index contributed by atoms with van der Waals surface area (Å²) in [4.78, 5) is 0. The number of nitrogens with one attached hydrogen (secondary N) is 1. The van der Waals surface area contributed by atoms with E-state index in [9.17, 15) is 4.39 Å². The summed E-state index contributed by atoms with van der Waals surface area (Å²) in [5, 5.41) is 3.56. The zero-order valence-electron chi connectivity index (χ0n) is 11.5. The molecule has 1 heterocycles. The first-order valence-electron chi connectivity index (χ1n) is 6.94. The lowest BCUT2D eigenvalue weighted by atomic mass is 10.0. The van der Waals surface area contributed by atoms with E-state index in [1.54, 1.807) is 12.1 Å². The Labute approximate surface area is 118 Å². The summed E-state index contributed by atoms with van der Waals surface area (Å²) >= 11 is 0. The van der Waals surface area contributed by atoms with E-state index in [0.717, 1.165) is 17.7 Å². The van der Waals surface area contributed by atoms with E-state index < -0.39 is 0 Å². The van der Waals surface area contributed by atoms with Crippen molar-refractivity contribution >= 4 is 0 Å². The van der Waals surface area contributed by atoms with Crippen LogP contribution in [0.5, 0.6) is 5.75 Å². The molecule has 2 aromatic rings. The van der Waals surface area contributed by atoms with E-state index >= 15 is 0 Å². The lowest BCUT2D eigenvalue weighted by Crippen LogP contribution is -2.33. The Hall–Kier alpha value is -1.87. The van der Waals surface area contributed by atoms with Crippen molar-refractivity contribution in [1.29, 1.82) is 0 Å². The largest absolute Gasteiger partial charge is 0.491 e. The highest BCUT2D eigenvalue weighted by Gasteiger charge is 2.24. The van der Waals surface area contributed by atoms with Gasteiger partial charge in [0.15, 0.2) is 0 Å². The topological polar surface area (TPSA) is 21.3 Å². The predicted octanol–water partition coefficient (Wildman–Crippen LogP) is 3.48. The molecule has 20 heavy (non-hydrogen) atoms. The summed E-state index contributed by atoms with van der Waals surface area (Å²) in [5.74, 6) is 0.784. The molecular weight excluding hydrogens is 253 g/mol. The van der Waals surface area contributed by atoms with Gasteiger partial charge in [-0.25, -0.2) is 4.39 Å². The van der Waals surface area contributed by atoms with Crippen molar-refractivity contribution in [2.24, 2.45) is 0 Å². The SMILES string of the molecule is CC(Cc1cccc(F)c1)NC1COc2ccccc21. The van der Waals surface area contributed by atoms with Crippen molar-refractivity contribution in [2.45, 2.75) is 25.4 Å². The van der Waals surface area contributed by atoms with Gasteiger partial charge in [-0.3, -0.25) is 0 Å². The minimum absolute atomic E-state index is 0.177. The van der Waals surface area contributed by atoms with Crippen LogP contribution in [0.3, 0.4) is 0 Å². The fraction of sp³-hybridized carbons (Fsp3) is 0.294. The van der Waals surface area contributed by atoms with Gasteiger partial charge < -0.3 is 10.1 Å². The van der Waals surface area contributed by atoms with Crippen LogP contribution in [0, 0.1) is 5.82 Å². The molecule has 3 heteroatoms. The maximum Gasteiger partial charge on any atom is 0.124 e. The standard InChI is InChI=1S/C17H18FNO/c1-12(9-13-5-4-6-14(18)10-13)19-16-11-20-17-8-3-2-7-15(16)17/h2-8,10,12,16,19H,9,11H2,1H3. The second-order valence-electron chi connectivity index (χ2n) is 5.30. The van der Waals surface area contributed by atoms with Gasteiger partial charge in [0.2, 0.25) is 0 Å². The number of para-hydroxylation sites is 1. The molecule has 0 aromatic heterocycles. The monoisotopic (exact) mass is 271 g/mol. The molecule has 0 spiro atoms. The summed E-state index contributed by atoms with van der Waals surface area (Å²) in [7, 11) is 0. The minimum Gasteiger partial charge on any atom is -0.491 e. The Balaban J connectivity index is 1.64. The molecule has 2 nitrogen and oxygen atoms in total. The molecule has 0 bridgehead atoms. The average Bonchev–Trinajstić information content (AvgIpc) is 2.82. The van der Waals surface area contributed by atoms with Crippen LogP contribution in [-0.2, 0) is 6.42 Å². The van der Waals surface area contributed by atoms with E-state index in [1.165, 1.54) is 11.6 Å². The van der Waals surface area contributed by atoms with Crippen LogP contribution in [0.1, 0.15) is 24.1 Å². The first kappa shape index (κ1) is 13.1. The second kappa shape index (κ2) is 5.63. The van der Waals surface area contributed by atoms with Crippen molar-refractivity contribution in [1.82, 2.24) is 5.32 Å². The third-order valence-corrected chi connectivity index (χ3v) is 3.62. The lowest BCUT2D eigenvalue weighted by Gasteiger charge is -2.19. The van der Waals surface area contributed by atoms with Crippen LogP contribution >= 0.6 is 0 Å². The van der Waals surface area contributed by atoms with Crippen molar-refractivity contribution in [3.63, 3.8) is 0 Å².